The molecule has 1 aromatic heterocycles. The maximum Gasteiger partial charge on any atom is 0.416 e. The van der Waals surface area contributed by atoms with Gasteiger partial charge in [0.25, 0.3) is 0 Å². The van der Waals surface area contributed by atoms with Gasteiger partial charge in [-0.1, -0.05) is 18.2 Å². The first-order valence-corrected chi connectivity index (χ1v) is 11.6. The molecule has 2 heterocycles. The summed E-state index contributed by atoms with van der Waals surface area (Å²) < 4.78 is 58.3. The van der Waals surface area contributed by atoms with Gasteiger partial charge in [-0.15, -0.1) is 0 Å². The molecule has 40 heavy (non-hydrogen) atoms. The molecule has 0 saturated heterocycles. The molecule has 0 fully saturated rings. The molecule has 0 spiro atoms. The predicted molar refractivity (Wildman–Crippen MR) is 138 cm³/mol. The molecule has 5 N–H and O–H groups in total. The lowest BCUT2D eigenvalue weighted by Gasteiger charge is -2.35. The van der Waals surface area contributed by atoms with Crippen molar-refractivity contribution in [2.45, 2.75) is 12.3 Å². The molecule has 1 aliphatic rings. The molecule has 9 nitrogen and oxygen atoms in total. The average molecular weight is 553 g/mol. The smallest absolute Gasteiger partial charge is 0.416 e. The number of rotatable bonds is 5. The highest BCUT2D eigenvalue weighted by Gasteiger charge is 2.33. The van der Waals surface area contributed by atoms with Crippen molar-refractivity contribution in [2.24, 2.45) is 10.7 Å². The third kappa shape index (κ3) is 5.09. The van der Waals surface area contributed by atoms with Crippen LogP contribution < -0.4 is 21.3 Å². The van der Waals surface area contributed by atoms with E-state index < -0.39 is 41.4 Å². The second kappa shape index (κ2) is 10.2. The third-order valence-corrected chi connectivity index (χ3v) is 6.05. The number of amides is 2. The minimum absolute atomic E-state index is 0.00904. The Morgan fingerprint density at radius 3 is 2.42 bits per heavy atom. The molecule has 2 amide bonds. The summed E-state index contributed by atoms with van der Waals surface area (Å²) in [5.74, 6) is -1.76. The molecule has 4 aromatic rings. The van der Waals surface area contributed by atoms with Crippen molar-refractivity contribution in [1.29, 1.82) is 0 Å². The number of urea groups is 1. The van der Waals surface area contributed by atoms with E-state index in [4.69, 9.17) is 10.2 Å². The molecular formula is C27H19F4N5O4. The summed E-state index contributed by atoms with van der Waals surface area (Å²) in [4.78, 5) is 30.4. The lowest BCUT2D eigenvalue weighted by molar-refractivity contribution is -0.137. The number of fused-ring (bicyclic) bond motifs is 1. The van der Waals surface area contributed by atoms with E-state index in [-0.39, 0.29) is 28.5 Å². The van der Waals surface area contributed by atoms with Crippen molar-refractivity contribution in [2.75, 3.05) is 15.5 Å². The number of benzene rings is 3. The molecular weight excluding hydrogens is 534 g/mol. The van der Waals surface area contributed by atoms with E-state index in [0.29, 0.717) is 29.4 Å². The van der Waals surface area contributed by atoms with Crippen LogP contribution in [0.15, 0.2) is 88.5 Å². The van der Waals surface area contributed by atoms with Gasteiger partial charge >= 0.3 is 18.2 Å². The number of carboxylic acid groups (broad SMARTS) is 1. The van der Waals surface area contributed by atoms with Crippen LogP contribution in [0, 0.1) is 5.82 Å². The Morgan fingerprint density at radius 2 is 1.73 bits per heavy atom. The molecule has 1 unspecified atom stereocenters. The maximum atomic E-state index is 14.0. The van der Waals surface area contributed by atoms with E-state index >= 15 is 0 Å². The lowest BCUT2D eigenvalue weighted by Crippen LogP contribution is -2.42. The molecule has 3 aromatic carbocycles. The number of hydrogen-bond acceptors (Lipinski definition) is 6. The van der Waals surface area contributed by atoms with Crippen molar-refractivity contribution in [3.05, 3.63) is 107 Å². The summed E-state index contributed by atoms with van der Waals surface area (Å²) in [5, 5.41) is 14.2. The molecule has 0 saturated carbocycles. The number of carbonyl (C=O) groups is 2. The molecule has 1 atom stereocenters. The number of aromatic carboxylic acids is 1. The summed E-state index contributed by atoms with van der Waals surface area (Å²) in [7, 11) is 0. The fraction of sp³-hybridized carbons (Fsp3) is 0.0741. The van der Waals surface area contributed by atoms with Crippen LogP contribution >= 0.6 is 0 Å². The number of anilines is 3. The highest BCUT2D eigenvalue weighted by Crippen LogP contribution is 2.38. The Bertz CT molecular complexity index is 1630. The number of hydrogen-bond donors (Lipinski definition) is 4. The van der Waals surface area contributed by atoms with Gasteiger partial charge in [0, 0.05) is 16.9 Å². The van der Waals surface area contributed by atoms with E-state index in [9.17, 15) is 32.3 Å². The zero-order valence-electron chi connectivity index (χ0n) is 20.2. The minimum atomic E-state index is -4.71. The van der Waals surface area contributed by atoms with Gasteiger partial charge in [-0.05, 0) is 54.6 Å². The number of carbonyl (C=O) groups excluding carboxylic acids is 1. The maximum absolute atomic E-state index is 14.0. The first kappa shape index (κ1) is 26.4. The van der Waals surface area contributed by atoms with Gasteiger partial charge in [-0.25, -0.2) is 14.0 Å². The second-order valence-corrected chi connectivity index (χ2v) is 8.60. The normalized spacial score (nSPS) is 14.8. The predicted octanol–water partition coefficient (Wildman–Crippen LogP) is 6.34. The van der Waals surface area contributed by atoms with Crippen LogP contribution in [0.3, 0.4) is 0 Å². The number of halogens is 4. The Hall–Kier alpha value is -5.17. The summed E-state index contributed by atoms with van der Waals surface area (Å²) in [6, 6.07) is 14.7. The topological polar surface area (TPSA) is 133 Å². The molecule has 5 rings (SSSR count). The molecule has 204 valence electrons. The van der Waals surface area contributed by atoms with Crippen molar-refractivity contribution < 1.29 is 36.7 Å². The van der Waals surface area contributed by atoms with Crippen LogP contribution in [-0.2, 0) is 6.18 Å². The largest absolute Gasteiger partial charge is 0.478 e. The monoisotopic (exact) mass is 553 g/mol. The summed E-state index contributed by atoms with van der Waals surface area (Å²) in [5.41, 5.74) is 6.31. The SMILES string of the molecule is NC1c2ccoc2N=C(c2ccccc2C(=O)O)N1c1ccc(NC(=O)Nc2cc(C(F)(F)F)ccc2F)cc1. The standard InChI is InChI=1S/C27H19F4N5O4/c28-20-10-5-14(27(29,30)31)13-21(20)34-26(39)33-15-6-8-16(9-7-15)36-22(32)19-11-12-40-24(19)35-23(36)17-3-1-2-4-18(17)25(37)38/h1-13,22H,32H2,(H,37,38)(H2,33,34,39). The number of alkyl halides is 3. The third-order valence-electron chi connectivity index (χ3n) is 6.05. The Morgan fingerprint density at radius 1 is 1.00 bits per heavy atom. The quantitative estimate of drug-likeness (QED) is 0.213. The fourth-order valence-corrected chi connectivity index (χ4v) is 4.17. The van der Waals surface area contributed by atoms with E-state index in [1.54, 1.807) is 41.3 Å². The number of nitrogens with zero attached hydrogens (tertiary/aromatic N) is 2. The van der Waals surface area contributed by atoms with Gasteiger partial charge < -0.3 is 30.8 Å². The lowest BCUT2D eigenvalue weighted by atomic mass is 10.0. The highest BCUT2D eigenvalue weighted by atomic mass is 19.4. The van der Waals surface area contributed by atoms with Gasteiger partial charge in [-0.2, -0.15) is 18.2 Å². The number of amidine groups is 1. The van der Waals surface area contributed by atoms with Gasteiger partial charge in [-0.3, -0.25) is 0 Å². The first-order valence-electron chi connectivity index (χ1n) is 11.6. The van der Waals surface area contributed by atoms with Crippen molar-refractivity contribution in [1.82, 2.24) is 0 Å². The summed E-state index contributed by atoms with van der Waals surface area (Å²) in [6.45, 7) is 0. The Balaban J connectivity index is 1.41. The van der Waals surface area contributed by atoms with Gasteiger partial charge in [0.1, 0.15) is 17.8 Å². The zero-order chi connectivity index (χ0) is 28.6. The first-order chi connectivity index (χ1) is 19.0. The van der Waals surface area contributed by atoms with Crippen LogP contribution in [-0.4, -0.2) is 22.9 Å². The van der Waals surface area contributed by atoms with Crippen LogP contribution in [0.2, 0.25) is 0 Å². The van der Waals surface area contributed by atoms with Crippen LogP contribution in [0.4, 0.5) is 45.3 Å². The summed E-state index contributed by atoms with van der Waals surface area (Å²) >= 11 is 0. The zero-order valence-corrected chi connectivity index (χ0v) is 20.2. The number of aliphatic imine (C=N–C) groups is 1. The number of nitrogens with two attached hydrogens (primary N) is 1. The molecule has 0 bridgehead atoms. The van der Waals surface area contributed by atoms with Crippen molar-refractivity contribution >= 4 is 40.8 Å². The Labute approximate surface area is 223 Å². The van der Waals surface area contributed by atoms with E-state index in [1.165, 1.54) is 24.5 Å². The van der Waals surface area contributed by atoms with E-state index in [0.717, 1.165) is 0 Å². The van der Waals surface area contributed by atoms with Crippen molar-refractivity contribution in [3.8, 4) is 0 Å². The minimum Gasteiger partial charge on any atom is -0.478 e. The van der Waals surface area contributed by atoms with Crippen LogP contribution in [0.1, 0.15) is 33.2 Å². The molecule has 0 radical (unpaired) electrons. The highest BCUT2D eigenvalue weighted by molar-refractivity contribution is 6.16. The fourth-order valence-electron chi connectivity index (χ4n) is 4.17. The van der Waals surface area contributed by atoms with Gasteiger partial charge in [0.15, 0.2) is 0 Å². The second-order valence-electron chi connectivity index (χ2n) is 8.60. The number of nitrogens with one attached hydrogen (secondary N) is 2. The van der Waals surface area contributed by atoms with Crippen molar-refractivity contribution in [3.63, 3.8) is 0 Å². The summed E-state index contributed by atoms with van der Waals surface area (Å²) in [6.07, 6.45) is -4.11. The van der Waals surface area contributed by atoms with Gasteiger partial charge in [0.05, 0.1) is 28.6 Å². The Kier molecular flexibility index (Phi) is 6.73. The number of furan rings is 1. The molecule has 0 aliphatic carbocycles. The average Bonchev–Trinajstić information content (AvgIpc) is 3.39. The molecule has 1 aliphatic heterocycles. The molecule has 13 heteroatoms. The van der Waals surface area contributed by atoms with Crippen LogP contribution in [0.25, 0.3) is 0 Å². The van der Waals surface area contributed by atoms with E-state index in [2.05, 4.69) is 15.6 Å². The van der Waals surface area contributed by atoms with Crippen LogP contribution in [0.5, 0.6) is 0 Å². The van der Waals surface area contributed by atoms with Gasteiger partial charge in [0.2, 0.25) is 5.88 Å². The van der Waals surface area contributed by atoms with E-state index in [1.807, 2.05) is 0 Å². The number of carboxylic acids is 1.